The largest absolute Gasteiger partial charge is 0.458 e. The van der Waals surface area contributed by atoms with Crippen molar-refractivity contribution in [3.05, 3.63) is 0 Å². The highest BCUT2D eigenvalue weighted by molar-refractivity contribution is 7.86. The molecule has 7 nitrogen and oxygen atoms in total. The molecule has 5 rings (SSSR count). The van der Waals surface area contributed by atoms with Gasteiger partial charge >= 0.3 is 33.2 Å². The molecule has 1 heterocycles. The van der Waals surface area contributed by atoms with Crippen molar-refractivity contribution in [2.24, 2.45) is 23.2 Å². The van der Waals surface area contributed by atoms with Crippen LogP contribution in [0.25, 0.3) is 0 Å². The molecule has 1 saturated heterocycles. The van der Waals surface area contributed by atoms with Crippen LogP contribution in [-0.4, -0.2) is 61.6 Å². The smallest absolute Gasteiger partial charge is 0.402 e. The SMILES string of the molecule is O=C(OCC(F)(F)S(=O)(=O)O)C12CC3CC(C1)C1(OCC(F)(F)C(F)(F)CO1)C3C2. The average molecular weight is 468 g/mol. The fourth-order valence-corrected chi connectivity index (χ4v) is 5.67. The molecule has 5 aliphatic rings. The molecule has 1 spiro atoms. The summed E-state index contributed by atoms with van der Waals surface area (Å²) in [7, 11) is -5.79. The van der Waals surface area contributed by atoms with Gasteiger partial charge in [-0.2, -0.15) is 34.8 Å². The Hall–Kier alpha value is -1.12. The third-order valence-corrected chi connectivity index (χ3v) is 7.69. The van der Waals surface area contributed by atoms with Gasteiger partial charge in [0.05, 0.1) is 5.41 Å². The summed E-state index contributed by atoms with van der Waals surface area (Å²) in [5.74, 6) is -13.5. The zero-order valence-corrected chi connectivity index (χ0v) is 16.1. The van der Waals surface area contributed by atoms with Crippen molar-refractivity contribution in [1.29, 1.82) is 0 Å². The van der Waals surface area contributed by atoms with Gasteiger partial charge in [-0.25, -0.2) is 0 Å². The highest BCUT2D eigenvalue weighted by Crippen LogP contribution is 2.70. The molecule has 4 bridgehead atoms. The molecule has 1 aliphatic heterocycles. The minimum absolute atomic E-state index is 0.0818. The Balaban J connectivity index is 1.51. The Morgan fingerprint density at radius 1 is 1.07 bits per heavy atom. The first-order chi connectivity index (χ1) is 13.6. The number of ether oxygens (including phenoxy) is 3. The zero-order chi connectivity index (χ0) is 22.4. The van der Waals surface area contributed by atoms with E-state index in [2.05, 4.69) is 4.74 Å². The maximum absolute atomic E-state index is 13.7. The van der Waals surface area contributed by atoms with Crippen molar-refractivity contribution in [2.45, 2.75) is 48.6 Å². The molecule has 0 aromatic heterocycles. The molecule has 30 heavy (non-hydrogen) atoms. The van der Waals surface area contributed by atoms with E-state index >= 15 is 0 Å². The minimum Gasteiger partial charge on any atom is -0.458 e. The Labute approximate surface area is 166 Å². The lowest BCUT2D eigenvalue weighted by molar-refractivity contribution is -0.293. The number of rotatable bonds is 4. The van der Waals surface area contributed by atoms with Crippen molar-refractivity contribution >= 4 is 16.1 Å². The van der Waals surface area contributed by atoms with Crippen LogP contribution < -0.4 is 0 Å². The van der Waals surface area contributed by atoms with Gasteiger partial charge in [-0.3, -0.25) is 9.35 Å². The summed E-state index contributed by atoms with van der Waals surface area (Å²) in [6.45, 7) is -5.00. The second kappa shape index (κ2) is 6.23. The van der Waals surface area contributed by atoms with E-state index in [0.29, 0.717) is 6.42 Å². The van der Waals surface area contributed by atoms with E-state index in [-0.39, 0.29) is 25.2 Å². The van der Waals surface area contributed by atoms with Crippen LogP contribution in [0.3, 0.4) is 0 Å². The molecule has 172 valence electrons. The number of hydrogen-bond donors (Lipinski definition) is 1. The second-order valence-electron chi connectivity index (χ2n) is 8.59. The van der Waals surface area contributed by atoms with Gasteiger partial charge in [0, 0.05) is 11.8 Å². The van der Waals surface area contributed by atoms with E-state index in [4.69, 9.17) is 14.0 Å². The van der Waals surface area contributed by atoms with Crippen LogP contribution in [0, 0.1) is 23.2 Å². The first-order valence-electron chi connectivity index (χ1n) is 9.11. The molecule has 5 fully saturated rings. The van der Waals surface area contributed by atoms with Crippen molar-refractivity contribution in [3.63, 3.8) is 0 Å². The molecule has 0 aromatic carbocycles. The van der Waals surface area contributed by atoms with Crippen LogP contribution in [-0.2, 0) is 29.1 Å². The summed E-state index contributed by atoms with van der Waals surface area (Å²) in [6, 6.07) is 0. The van der Waals surface area contributed by atoms with E-state index < -0.39 is 76.0 Å². The molecule has 0 aromatic rings. The van der Waals surface area contributed by atoms with E-state index in [1.807, 2.05) is 0 Å². The number of hydrogen-bond acceptors (Lipinski definition) is 6. The molecule has 0 radical (unpaired) electrons. The molecule has 4 aliphatic carbocycles. The van der Waals surface area contributed by atoms with E-state index in [1.165, 1.54) is 0 Å². The Morgan fingerprint density at radius 2 is 1.63 bits per heavy atom. The van der Waals surface area contributed by atoms with Gasteiger partial charge in [0.15, 0.2) is 12.4 Å². The Bertz CT molecular complexity index is 840. The summed E-state index contributed by atoms with van der Waals surface area (Å²) in [5.41, 5.74) is -1.30. The molecule has 1 N–H and O–H groups in total. The fourth-order valence-electron chi connectivity index (χ4n) is 5.47. The summed E-state index contributed by atoms with van der Waals surface area (Å²) in [4.78, 5) is 12.5. The van der Waals surface area contributed by atoms with Crippen LogP contribution in [0.2, 0.25) is 0 Å². The van der Waals surface area contributed by atoms with Gasteiger partial charge in [-0.15, -0.1) is 0 Å². The molecule has 4 atom stereocenters. The maximum Gasteiger partial charge on any atom is 0.402 e. The van der Waals surface area contributed by atoms with E-state index in [0.717, 1.165) is 0 Å². The normalized spacial score (nSPS) is 38.6. The highest BCUT2D eigenvalue weighted by atomic mass is 32.2. The first-order valence-corrected chi connectivity index (χ1v) is 10.5. The van der Waals surface area contributed by atoms with Crippen LogP contribution in [0.5, 0.6) is 0 Å². The van der Waals surface area contributed by atoms with Crippen LogP contribution >= 0.6 is 0 Å². The lowest BCUT2D eigenvalue weighted by atomic mass is 9.67. The first kappa shape index (κ1) is 22.1. The van der Waals surface area contributed by atoms with Crippen LogP contribution in [0.15, 0.2) is 0 Å². The lowest BCUT2D eigenvalue weighted by Crippen LogP contribution is -2.52. The van der Waals surface area contributed by atoms with Crippen LogP contribution in [0.4, 0.5) is 26.3 Å². The standard InChI is InChI=1S/C16H18F6O7S/c17-13(18)5-28-16(29-6-14(13,19)20)9-1-8-2-12(3-9,4-10(8)16)11(23)27-7-15(21,22)30(24,25)26/h8-10H,1-7H2,(H,24,25,26). The molecular formula is C16H18F6O7S. The third-order valence-electron chi connectivity index (χ3n) is 6.82. The maximum atomic E-state index is 13.7. The van der Waals surface area contributed by atoms with Gasteiger partial charge in [-0.1, -0.05) is 0 Å². The number of carbonyl (C=O) groups is 1. The number of halogens is 6. The highest BCUT2D eigenvalue weighted by Gasteiger charge is 2.74. The third kappa shape index (κ3) is 2.97. The van der Waals surface area contributed by atoms with Gasteiger partial charge in [0.1, 0.15) is 13.2 Å². The summed E-state index contributed by atoms with van der Waals surface area (Å²) in [5, 5.41) is -4.69. The van der Waals surface area contributed by atoms with Gasteiger partial charge in [0.2, 0.25) is 0 Å². The molecule has 14 heteroatoms. The number of alkyl halides is 6. The van der Waals surface area contributed by atoms with Gasteiger partial charge in [0.25, 0.3) is 0 Å². The van der Waals surface area contributed by atoms with Gasteiger partial charge in [-0.05, 0) is 31.6 Å². The molecule has 0 amide bonds. The quantitative estimate of drug-likeness (QED) is 0.385. The van der Waals surface area contributed by atoms with Crippen molar-refractivity contribution < 1.29 is 58.3 Å². The number of carbonyl (C=O) groups excluding carboxylic acids is 1. The topological polar surface area (TPSA) is 99.1 Å². The monoisotopic (exact) mass is 468 g/mol. The Morgan fingerprint density at radius 3 is 2.13 bits per heavy atom. The molecule has 4 saturated carbocycles. The summed E-state index contributed by atoms with van der Waals surface area (Å²) < 4.78 is 126. The van der Waals surface area contributed by atoms with Crippen LogP contribution in [0.1, 0.15) is 25.7 Å². The van der Waals surface area contributed by atoms with Crippen molar-refractivity contribution in [2.75, 3.05) is 19.8 Å². The zero-order valence-electron chi connectivity index (χ0n) is 15.3. The van der Waals surface area contributed by atoms with Crippen molar-refractivity contribution in [3.8, 4) is 0 Å². The predicted molar refractivity (Wildman–Crippen MR) is 83.4 cm³/mol. The minimum atomic E-state index is -5.79. The fraction of sp³-hybridized carbons (Fsp3) is 0.938. The van der Waals surface area contributed by atoms with E-state index in [9.17, 15) is 39.6 Å². The van der Waals surface area contributed by atoms with E-state index in [1.54, 1.807) is 0 Å². The predicted octanol–water partition coefficient (Wildman–Crippen LogP) is 2.46. The second-order valence-corrected chi connectivity index (χ2v) is 10.1. The lowest BCUT2D eigenvalue weighted by Gasteiger charge is -2.46. The average Bonchev–Trinajstić information content (AvgIpc) is 2.96. The number of esters is 1. The molecular weight excluding hydrogens is 450 g/mol. The van der Waals surface area contributed by atoms with Crippen molar-refractivity contribution in [1.82, 2.24) is 0 Å². The summed E-state index contributed by atoms with van der Waals surface area (Å²) >= 11 is 0. The summed E-state index contributed by atoms with van der Waals surface area (Å²) in [6.07, 6.45) is 0.304. The molecule has 4 unspecified atom stereocenters. The Kier molecular flexibility index (Phi) is 4.58. The van der Waals surface area contributed by atoms with Gasteiger partial charge < -0.3 is 14.2 Å².